The Morgan fingerprint density at radius 2 is 1.87 bits per heavy atom. The summed E-state index contributed by atoms with van der Waals surface area (Å²) >= 11 is 0. The highest BCUT2D eigenvalue weighted by Crippen LogP contribution is 2.30. The average molecular weight is 235 g/mol. The highest BCUT2D eigenvalue weighted by atomic mass is 32.2. The van der Waals surface area contributed by atoms with Crippen molar-refractivity contribution in [2.24, 2.45) is 11.8 Å². The molecule has 0 amide bonds. The molecule has 1 unspecified atom stereocenters. The maximum atomic E-state index is 10.9. The van der Waals surface area contributed by atoms with E-state index >= 15 is 0 Å². The summed E-state index contributed by atoms with van der Waals surface area (Å²) in [4.78, 5) is 0. The fourth-order valence-corrected chi connectivity index (χ4v) is 2.77. The fraction of sp³-hybridized carbons (Fsp3) is 1.00. The van der Waals surface area contributed by atoms with Crippen molar-refractivity contribution >= 4 is 10.0 Å². The van der Waals surface area contributed by atoms with E-state index in [1.807, 2.05) is 0 Å². The number of aliphatic hydroxyl groups excluding tert-OH is 1. The molecule has 90 valence electrons. The van der Waals surface area contributed by atoms with Crippen molar-refractivity contribution < 1.29 is 13.5 Å². The molecule has 15 heavy (non-hydrogen) atoms. The third-order valence-corrected chi connectivity index (χ3v) is 3.74. The molecule has 0 radical (unpaired) electrons. The van der Waals surface area contributed by atoms with Gasteiger partial charge >= 0.3 is 0 Å². The zero-order valence-corrected chi connectivity index (χ0v) is 10.3. The highest BCUT2D eigenvalue weighted by Gasteiger charge is 2.21. The third-order valence-electron chi connectivity index (χ3n) is 3.04. The summed E-state index contributed by atoms with van der Waals surface area (Å²) in [5, 5.41) is 9.51. The minimum atomic E-state index is -3.28. The summed E-state index contributed by atoms with van der Waals surface area (Å²) < 4.78 is 23.9. The number of aliphatic hydroxyl groups is 1. The van der Waals surface area contributed by atoms with Crippen molar-refractivity contribution in [2.45, 2.75) is 45.3 Å². The summed E-state index contributed by atoms with van der Waals surface area (Å²) in [5.41, 5.74) is 0. The van der Waals surface area contributed by atoms with Crippen molar-refractivity contribution in [3.8, 4) is 0 Å². The lowest BCUT2D eigenvalue weighted by atomic mass is 9.81. The van der Waals surface area contributed by atoms with Crippen LogP contribution in [0.1, 0.15) is 39.0 Å². The van der Waals surface area contributed by atoms with E-state index in [1.54, 1.807) is 0 Å². The molecule has 1 aliphatic carbocycles. The van der Waals surface area contributed by atoms with Gasteiger partial charge in [0.15, 0.2) is 0 Å². The zero-order chi connectivity index (χ0) is 11.5. The average Bonchev–Trinajstić information content (AvgIpc) is 2.05. The second-order valence-corrected chi connectivity index (χ2v) is 6.55. The Balaban J connectivity index is 2.29. The van der Waals surface area contributed by atoms with Crippen LogP contribution in [0.25, 0.3) is 0 Å². The molecule has 5 heteroatoms. The highest BCUT2D eigenvalue weighted by molar-refractivity contribution is 7.88. The molecule has 2 N–H and O–H groups in total. The van der Waals surface area contributed by atoms with Gasteiger partial charge in [-0.05, 0) is 18.3 Å². The van der Waals surface area contributed by atoms with Crippen molar-refractivity contribution in [3.63, 3.8) is 0 Å². The molecule has 4 nitrogen and oxygen atoms in total. The van der Waals surface area contributed by atoms with E-state index in [-0.39, 0.29) is 0 Å². The van der Waals surface area contributed by atoms with E-state index in [0.717, 1.165) is 25.0 Å². The second kappa shape index (κ2) is 5.27. The van der Waals surface area contributed by atoms with Crippen molar-refractivity contribution in [1.29, 1.82) is 0 Å². The van der Waals surface area contributed by atoms with Crippen LogP contribution in [0.3, 0.4) is 0 Å². The Morgan fingerprint density at radius 1 is 1.33 bits per heavy atom. The molecule has 1 aliphatic rings. The smallest absolute Gasteiger partial charge is 0.210 e. The van der Waals surface area contributed by atoms with Crippen LogP contribution < -0.4 is 4.72 Å². The van der Waals surface area contributed by atoms with Gasteiger partial charge in [-0.3, -0.25) is 0 Å². The molecule has 0 spiro atoms. The lowest BCUT2D eigenvalue weighted by Crippen LogP contribution is -2.35. The van der Waals surface area contributed by atoms with E-state index in [2.05, 4.69) is 11.6 Å². The quantitative estimate of drug-likeness (QED) is 0.716. The summed E-state index contributed by atoms with van der Waals surface area (Å²) in [6.07, 6.45) is 5.28. The summed E-state index contributed by atoms with van der Waals surface area (Å²) in [7, 11) is -3.28. The van der Waals surface area contributed by atoms with Gasteiger partial charge < -0.3 is 5.11 Å². The summed E-state index contributed by atoms with van der Waals surface area (Å²) in [5.74, 6) is 1.24. The molecule has 0 aromatic rings. The second-order valence-electron chi connectivity index (χ2n) is 4.77. The first kappa shape index (κ1) is 12.9. The minimum Gasteiger partial charge on any atom is -0.378 e. The Bertz CT molecular complexity index is 281. The number of nitrogens with one attached hydrogen (secondary N) is 1. The van der Waals surface area contributed by atoms with Crippen molar-refractivity contribution in [3.05, 3.63) is 0 Å². The van der Waals surface area contributed by atoms with Gasteiger partial charge in [0.25, 0.3) is 0 Å². The molecule has 0 aromatic carbocycles. The van der Waals surface area contributed by atoms with Gasteiger partial charge in [-0.25, -0.2) is 8.42 Å². The van der Waals surface area contributed by atoms with E-state index in [0.29, 0.717) is 12.3 Å². The van der Waals surface area contributed by atoms with Crippen LogP contribution in [0.5, 0.6) is 0 Å². The van der Waals surface area contributed by atoms with Crippen LogP contribution >= 0.6 is 0 Å². The lowest BCUT2D eigenvalue weighted by Gasteiger charge is -2.27. The molecule has 1 saturated carbocycles. The first-order chi connectivity index (χ1) is 6.87. The predicted octanol–water partition coefficient (Wildman–Crippen LogP) is 1.07. The molecular formula is C10H21NO3S. The molecule has 0 aromatic heterocycles. The normalized spacial score (nSPS) is 30.1. The van der Waals surface area contributed by atoms with Crippen LogP contribution in [-0.2, 0) is 10.0 Å². The van der Waals surface area contributed by atoms with Crippen LogP contribution in [0.2, 0.25) is 0 Å². The lowest BCUT2D eigenvalue weighted by molar-refractivity contribution is 0.115. The van der Waals surface area contributed by atoms with Gasteiger partial charge in [0.05, 0.1) is 6.26 Å². The summed E-state index contributed by atoms with van der Waals surface area (Å²) in [6.45, 7) is 2.24. The SMILES string of the molecule is CC1CCC(CC(O)NS(C)(=O)=O)CC1. The van der Waals surface area contributed by atoms with Gasteiger partial charge in [0, 0.05) is 0 Å². The Kier molecular flexibility index (Phi) is 4.55. The maximum Gasteiger partial charge on any atom is 0.210 e. The minimum absolute atomic E-state index is 0.463. The third kappa shape index (κ3) is 5.49. The van der Waals surface area contributed by atoms with Crippen LogP contribution in [0.15, 0.2) is 0 Å². The standard InChI is InChI=1S/C10H21NO3S/c1-8-3-5-9(6-4-8)7-10(12)11-15(2,13)14/h8-12H,3-7H2,1-2H3. The van der Waals surface area contributed by atoms with Gasteiger partial charge in [0.2, 0.25) is 10.0 Å². The van der Waals surface area contributed by atoms with E-state index in [4.69, 9.17) is 0 Å². The van der Waals surface area contributed by atoms with Gasteiger partial charge in [0.1, 0.15) is 6.23 Å². The molecule has 0 heterocycles. The van der Waals surface area contributed by atoms with E-state index in [1.165, 1.54) is 12.8 Å². The van der Waals surface area contributed by atoms with Crippen molar-refractivity contribution in [2.75, 3.05) is 6.26 Å². The number of hydrogen-bond acceptors (Lipinski definition) is 3. The van der Waals surface area contributed by atoms with Crippen LogP contribution in [0, 0.1) is 11.8 Å². The molecule has 1 atom stereocenters. The van der Waals surface area contributed by atoms with Gasteiger partial charge in [-0.1, -0.05) is 32.6 Å². The predicted molar refractivity (Wildman–Crippen MR) is 59.7 cm³/mol. The molecular weight excluding hydrogens is 214 g/mol. The largest absolute Gasteiger partial charge is 0.378 e. The topological polar surface area (TPSA) is 66.4 Å². The Morgan fingerprint density at radius 3 is 2.33 bits per heavy atom. The van der Waals surface area contributed by atoms with Gasteiger partial charge in [-0.15, -0.1) is 0 Å². The first-order valence-corrected chi connectivity index (χ1v) is 7.41. The van der Waals surface area contributed by atoms with Crippen LogP contribution in [-0.4, -0.2) is 26.0 Å². The maximum absolute atomic E-state index is 10.9. The zero-order valence-electron chi connectivity index (χ0n) is 9.44. The molecule has 0 saturated heterocycles. The summed E-state index contributed by atoms with van der Waals surface area (Å²) in [6, 6.07) is 0. The Labute approximate surface area is 92.1 Å². The van der Waals surface area contributed by atoms with Crippen LogP contribution in [0.4, 0.5) is 0 Å². The first-order valence-electron chi connectivity index (χ1n) is 5.52. The monoisotopic (exact) mass is 235 g/mol. The fourth-order valence-electron chi connectivity index (χ4n) is 2.18. The molecule has 1 fully saturated rings. The Hall–Kier alpha value is -0.130. The van der Waals surface area contributed by atoms with E-state index in [9.17, 15) is 13.5 Å². The molecule has 0 bridgehead atoms. The number of rotatable bonds is 4. The van der Waals surface area contributed by atoms with E-state index < -0.39 is 16.3 Å². The molecule has 0 aliphatic heterocycles. The molecule has 1 rings (SSSR count). The number of hydrogen-bond donors (Lipinski definition) is 2. The van der Waals surface area contributed by atoms with Crippen molar-refractivity contribution in [1.82, 2.24) is 4.72 Å². The number of sulfonamides is 1. The van der Waals surface area contributed by atoms with Gasteiger partial charge in [-0.2, -0.15) is 4.72 Å².